The van der Waals surface area contributed by atoms with Gasteiger partial charge in [-0.3, -0.25) is 4.79 Å². The van der Waals surface area contributed by atoms with Crippen molar-refractivity contribution in [2.45, 2.75) is 65.5 Å². The molecule has 1 unspecified atom stereocenters. The Hall–Kier alpha value is -2.41. The fraction of sp³-hybridized carbons (Fsp3) is 0.440. The van der Waals surface area contributed by atoms with Gasteiger partial charge in [-0.2, -0.15) is 13.2 Å². The summed E-state index contributed by atoms with van der Waals surface area (Å²) in [5.41, 5.74) is 4.69. The van der Waals surface area contributed by atoms with Crippen molar-refractivity contribution in [1.29, 1.82) is 0 Å². The molecule has 0 fully saturated rings. The monoisotopic (exact) mass is 461 g/mol. The van der Waals surface area contributed by atoms with Gasteiger partial charge in [0, 0.05) is 22.2 Å². The fourth-order valence-corrected chi connectivity index (χ4v) is 5.52. The molecule has 0 amide bonds. The van der Waals surface area contributed by atoms with E-state index in [0.29, 0.717) is 11.4 Å². The molecule has 0 spiro atoms. The first-order valence-electron chi connectivity index (χ1n) is 10.9. The summed E-state index contributed by atoms with van der Waals surface area (Å²) in [6.07, 6.45) is -1.39. The van der Waals surface area contributed by atoms with Gasteiger partial charge in [0.2, 0.25) is 0 Å². The SMILES string of the molecule is Cc1ccc(-c2c(OC(=O)C(C)CCC(F)(F)F)c(C)nc3sc4c(c23)CCCC4)cc1. The molecule has 0 bridgehead atoms. The molecule has 32 heavy (non-hydrogen) atoms. The van der Waals surface area contributed by atoms with Crippen LogP contribution in [-0.2, 0) is 17.6 Å². The molecule has 0 radical (unpaired) electrons. The standard InChI is InChI=1S/C25H26F3NO2S/c1-14-8-10-17(11-9-14)20-21-18-6-4-5-7-19(18)32-23(21)29-16(3)22(20)31-24(30)15(2)12-13-25(26,27)28/h8-11,15H,4-7,12-13H2,1-3H3. The maximum atomic E-state index is 12.8. The summed E-state index contributed by atoms with van der Waals surface area (Å²) in [7, 11) is 0. The zero-order valence-corrected chi connectivity index (χ0v) is 19.3. The average molecular weight is 462 g/mol. The maximum Gasteiger partial charge on any atom is 0.389 e. The van der Waals surface area contributed by atoms with Crippen LogP contribution >= 0.6 is 11.3 Å². The third-order valence-corrected chi connectivity index (χ3v) is 7.22. The number of esters is 1. The molecule has 7 heteroatoms. The smallest absolute Gasteiger partial charge is 0.389 e. The highest BCUT2D eigenvalue weighted by Crippen LogP contribution is 2.46. The minimum Gasteiger partial charge on any atom is -0.424 e. The number of carbonyl (C=O) groups is 1. The van der Waals surface area contributed by atoms with Gasteiger partial charge in [0.25, 0.3) is 0 Å². The third-order valence-electron chi connectivity index (χ3n) is 6.03. The number of fused-ring (bicyclic) bond motifs is 3. The summed E-state index contributed by atoms with van der Waals surface area (Å²) < 4.78 is 43.7. The van der Waals surface area contributed by atoms with E-state index in [2.05, 4.69) is 0 Å². The first kappa shape index (κ1) is 22.8. The van der Waals surface area contributed by atoms with E-state index < -0.39 is 24.5 Å². The Balaban J connectivity index is 1.81. The van der Waals surface area contributed by atoms with Crippen molar-refractivity contribution < 1.29 is 22.7 Å². The molecule has 1 aromatic carbocycles. The van der Waals surface area contributed by atoms with Crippen molar-refractivity contribution in [3.8, 4) is 16.9 Å². The molecule has 4 rings (SSSR count). The van der Waals surface area contributed by atoms with Crippen LogP contribution in [0, 0.1) is 19.8 Å². The Labute approximate surface area is 189 Å². The Bertz CT molecular complexity index is 1150. The Kier molecular flexibility index (Phi) is 6.30. The summed E-state index contributed by atoms with van der Waals surface area (Å²) in [5, 5.41) is 1.02. The number of thiophene rings is 1. The zero-order valence-electron chi connectivity index (χ0n) is 18.4. The van der Waals surface area contributed by atoms with Crippen LogP contribution in [0.15, 0.2) is 24.3 Å². The van der Waals surface area contributed by atoms with Crippen molar-refractivity contribution in [2.24, 2.45) is 5.92 Å². The van der Waals surface area contributed by atoms with Gasteiger partial charge in [-0.15, -0.1) is 11.3 Å². The lowest BCUT2D eigenvalue weighted by Crippen LogP contribution is -2.21. The number of aryl methyl sites for hydroxylation is 4. The lowest BCUT2D eigenvalue weighted by atomic mass is 9.91. The molecule has 2 aromatic heterocycles. The normalized spacial score (nSPS) is 14.9. The lowest BCUT2D eigenvalue weighted by Gasteiger charge is -2.18. The number of aromatic nitrogens is 1. The lowest BCUT2D eigenvalue weighted by molar-refractivity contribution is -0.146. The molecule has 1 atom stereocenters. The number of alkyl halides is 3. The van der Waals surface area contributed by atoms with Crippen LogP contribution in [0.1, 0.15) is 54.3 Å². The predicted octanol–water partition coefficient (Wildman–Crippen LogP) is 7.34. The second-order valence-electron chi connectivity index (χ2n) is 8.63. The molecular formula is C25H26F3NO2S. The van der Waals surface area contributed by atoms with E-state index in [1.807, 2.05) is 31.2 Å². The number of pyridine rings is 1. The molecule has 2 heterocycles. The highest BCUT2D eigenvalue weighted by atomic mass is 32.1. The van der Waals surface area contributed by atoms with Crippen molar-refractivity contribution in [1.82, 2.24) is 4.98 Å². The van der Waals surface area contributed by atoms with Crippen LogP contribution in [0.5, 0.6) is 5.75 Å². The van der Waals surface area contributed by atoms with Gasteiger partial charge in [-0.05, 0) is 57.1 Å². The van der Waals surface area contributed by atoms with E-state index in [9.17, 15) is 18.0 Å². The van der Waals surface area contributed by atoms with Crippen LogP contribution in [0.25, 0.3) is 21.3 Å². The summed E-state index contributed by atoms with van der Waals surface area (Å²) in [6.45, 7) is 5.28. The minimum atomic E-state index is -4.30. The average Bonchev–Trinajstić information content (AvgIpc) is 3.10. The summed E-state index contributed by atoms with van der Waals surface area (Å²) in [4.78, 5) is 19.8. The molecule has 0 aliphatic heterocycles. The molecule has 0 N–H and O–H groups in total. The number of hydrogen-bond acceptors (Lipinski definition) is 4. The van der Waals surface area contributed by atoms with Crippen molar-refractivity contribution in [3.63, 3.8) is 0 Å². The molecule has 0 saturated heterocycles. The number of hydrogen-bond donors (Lipinski definition) is 0. The molecule has 170 valence electrons. The van der Waals surface area contributed by atoms with Gasteiger partial charge in [0.1, 0.15) is 4.83 Å². The molecule has 0 saturated carbocycles. The van der Waals surface area contributed by atoms with E-state index in [4.69, 9.17) is 9.72 Å². The number of nitrogens with zero attached hydrogens (tertiary/aromatic N) is 1. The fourth-order valence-electron chi connectivity index (χ4n) is 4.21. The number of benzene rings is 1. The van der Waals surface area contributed by atoms with E-state index in [0.717, 1.165) is 52.6 Å². The molecular weight excluding hydrogens is 435 g/mol. The second-order valence-corrected chi connectivity index (χ2v) is 9.72. The van der Waals surface area contributed by atoms with Gasteiger partial charge in [-0.1, -0.05) is 36.8 Å². The van der Waals surface area contributed by atoms with Crippen LogP contribution in [-0.4, -0.2) is 17.1 Å². The van der Waals surface area contributed by atoms with E-state index in [-0.39, 0.29) is 6.42 Å². The van der Waals surface area contributed by atoms with Crippen molar-refractivity contribution in [3.05, 3.63) is 46.0 Å². The van der Waals surface area contributed by atoms with E-state index in [1.54, 1.807) is 18.3 Å². The molecule has 1 aliphatic rings. The Morgan fingerprint density at radius 1 is 1.16 bits per heavy atom. The molecule has 3 aromatic rings. The van der Waals surface area contributed by atoms with Crippen molar-refractivity contribution in [2.75, 3.05) is 0 Å². The first-order chi connectivity index (χ1) is 15.1. The summed E-state index contributed by atoms with van der Waals surface area (Å²) in [5.74, 6) is -1.17. The third kappa shape index (κ3) is 4.68. The van der Waals surface area contributed by atoms with Gasteiger partial charge in [-0.25, -0.2) is 4.98 Å². The van der Waals surface area contributed by atoms with Crippen LogP contribution in [0.2, 0.25) is 0 Å². The number of rotatable bonds is 5. The number of ether oxygens (including phenoxy) is 1. The van der Waals surface area contributed by atoms with Crippen molar-refractivity contribution >= 4 is 27.5 Å². The quantitative estimate of drug-likeness (QED) is 0.373. The Morgan fingerprint density at radius 3 is 2.53 bits per heavy atom. The molecule has 1 aliphatic carbocycles. The summed E-state index contributed by atoms with van der Waals surface area (Å²) in [6, 6.07) is 8.02. The predicted molar refractivity (Wildman–Crippen MR) is 121 cm³/mol. The Morgan fingerprint density at radius 2 is 1.84 bits per heavy atom. The zero-order chi connectivity index (χ0) is 23.0. The van der Waals surface area contributed by atoms with Crippen LogP contribution in [0.3, 0.4) is 0 Å². The highest BCUT2D eigenvalue weighted by molar-refractivity contribution is 7.19. The highest BCUT2D eigenvalue weighted by Gasteiger charge is 2.31. The van der Waals surface area contributed by atoms with Gasteiger partial charge in [0.15, 0.2) is 5.75 Å². The number of carbonyl (C=O) groups excluding carboxylic acids is 1. The van der Waals surface area contributed by atoms with Gasteiger partial charge in [0.05, 0.1) is 11.6 Å². The molecule has 3 nitrogen and oxygen atoms in total. The topological polar surface area (TPSA) is 39.2 Å². The minimum absolute atomic E-state index is 0.301. The van der Waals surface area contributed by atoms with Crippen LogP contribution < -0.4 is 4.74 Å². The van der Waals surface area contributed by atoms with E-state index in [1.165, 1.54) is 17.4 Å². The number of halogens is 3. The largest absolute Gasteiger partial charge is 0.424 e. The first-order valence-corrected chi connectivity index (χ1v) is 11.8. The van der Waals surface area contributed by atoms with Gasteiger partial charge < -0.3 is 4.74 Å². The van der Waals surface area contributed by atoms with Gasteiger partial charge >= 0.3 is 12.1 Å². The second kappa shape index (κ2) is 8.85. The van der Waals surface area contributed by atoms with Crippen LogP contribution in [0.4, 0.5) is 13.2 Å². The maximum absolute atomic E-state index is 12.8. The van der Waals surface area contributed by atoms with E-state index >= 15 is 0 Å². The summed E-state index contributed by atoms with van der Waals surface area (Å²) >= 11 is 1.69.